The second kappa shape index (κ2) is 15.9. The van der Waals surface area contributed by atoms with E-state index >= 15 is 0 Å². The van der Waals surface area contributed by atoms with E-state index in [0.29, 0.717) is 0 Å². The molecule has 0 heterocycles. The van der Waals surface area contributed by atoms with Gasteiger partial charge in [0.2, 0.25) is 0 Å². The molecular weight excluding hydrogens is 122 g/mol. The number of rotatable bonds is 2. The SMILES string of the molecule is C=CC=CCC.Cl.N. The summed E-state index contributed by atoms with van der Waals surface area (Å²) in [4.78, 5) is 0. The Morgan fingerprint density at radius 3 is 2.12 bits per heavy atom. The van der Waals surface area contributed by atoms with Crippen LogP contribution in [0.2, 0.25) is 0 Å². The second-order valence-electron chi connectivity index (χ2n) is 1.07. The van der Waals surface area contributed by atoms with Gasteiger partial charge in [0.25, 0.3) is 0 Å². The average Bonchev–Trinajstić information content (AvgIpc) is 1.61. The van der Waals surface area contributed by atoms with Gasteiger partial charge in [-0.25, -0.2) is 0 Å². The largest absolute Gasteiger partial charge is 0.344 e. The Morgan fingerprint density at radius 1 is 1.50 bits per heavy atom. The van der Waals surface area contributed by atoms with Crippen LogP contribution in [0.1, 0.15) is 13.3 Å². The van der Waals surface area contributed by atoms with Gasteiger partial charge in [-0.1, -0.05) is 31.7 Å². The van der Waals surface area contributed by atoms with Crippen molar-refractivity contribution < 1.29 is 0 Å². The molecular formula is C6H14ClN. The van der Waals surface area contributed by atoms with E-state index in [4.69, 9.17) is 0 Å². The van der Waals surface area contributed by atoms with Crippen LogP contribution in [0.25, 0.3) is 0 Å². The lowest BCUT2D eigenvalue weighted by Crippen LogP contribution is -1.46. The first-order valence-corrected chi connectivity index (χ1v) is 2.19. The smallest absolute Gasteiger partial charge is 0.0376 e. The lowest BCUT2D eigenvalue weighted by Gasteiger charge is -1.67. The van der Waals surface area contributed by atoms with Crippen LogP contribution >= 0.6 is 12.4 Å². The van der Waals surface area contributed by atoms with E-state index in [2.05, 4.69) is 19.6 Å². The van der Waals surface area contributed by atoms with Crippen molar-refractivity contribution in [3.05, 3.63) is 24.8 Å². The highest BCUT2D eigenvalue weighted by Gasteiger charge is 1.55. The molecule has 2 heteroatoms. The third-order valence-electron chi connectivity index (χ3n) is 0.508. The molecule has 0 radical (unpaired) electrons. The fourth-order valence-electron chi connectivity index (χ4n) is 0.232. The molecule has 0 aromatic heterocycles. The topological polar surface area (TPSA) is 35.0 Å². The minimum atomic E-state index is 0. The molecule has 0 aliphatic heterocycles. The molecule has 3 N–H and O–H groups in total. The molecule has 0 aromatic rings. The predicted molar refractivity (Wildman–Crippen MR) is 41.9 cm³/mol. The molecule has 0 aliphatic carbocycles. The van der Waals surface area contributed by atoms with Gasteiger partial charge in [-0.05, 0) is 6.42 Å². The summed E-state index contributed by atoms with van der Waals surface area (Å²) in [7, 11) is 0. The van der Waals surface area contributed by atoms with Gasteiger partial charge >= 0.3 is 0 Å². The fourth-order valence-corrected chi connectivity index (χ4v) is 0.232. The second-order valence-corrected chi connectivity index (χ2v) is 1.07. The first-order chi connectivity index (χ1) is 2.91. The summed E-state index contributed by atoms with van der Waals surface area (Å²) >= 11 is 0. The molecule has 0 atom stereocenters. The highest BCUT2D eigenvalue weighted by atomic mass is 35.5. The molecule has 8 heavy (non-hydrogen) atoms. The summed E-state index contributed by atoms with van der Waals surface area (Å²) in [6, 6.07) is 0. The van der Waals surface area contributed by atoms with Crippen molar-refractivity contribution in [1.82, 2.24) is 6.15 Å². The zero-order valence-electron chi connectivity index (χ0n) is 5.26. The maximum atomic E-state index is 3.51. The molecule has 50 valence electrons. The maximum absolute atomic E-state index is 3.51. The maximum Gasteiger partial charge on any atom is -0.0376 e. The van der Waals surface area contributed by atoms with E-state index < -0.39 is 0 Å². The van der Waals surface area contributed by atoms with Gasteiger partial charge in [-0.15, -0.1) is 12.4 Å². The van der Waals surface area contributed by atoms with Crippen molar-refractivity contribution in [3.63, 3.8) is 0 Å². The average molecular weight is 136 g/mol. The fraction of sp³-hybridized carbons (Fsp3) is 0.333. The van der Waals surface area contributed by atoms with E-state index in [1.54, 1.807) is 6.08 Å². The molecule has 0 rings (SSSR count). The van der Waals surface area contributed by atoms with Gasteiger partial charge in [0, 0.05) is 0 Å². The van der Waals surface area contributed by atoms with Gasteiger partial charge in [0.05, 0.1) is 0 Å². The van der Waals surface area contributed by atoms with Crippen molar-refractivity contribution in [1.29, 1.82) is 0 Å². The Hall–Kier alpha value is -0.270. The third kappa shape index (κ3) is 17.2. The van der Waals surface area contributed by atoms with Crippen LogP contribution in [0.3, 0.4) is 0 Å². The third-order valence-corrected chi connectivity index (χ3v) is 0.508. The normalized spacial score (nSPS) is 7.12. The van der Waals surface area contributed by atoms with E-state index in [-0.39, 0.29) is 18.6 Å². The molecule has 0 saturated carbocycles. The summed E-state index contributed by atoms with van der Waals surface area (Å²) in [5.41, 5.74) is 0. The van der Waals surface area contributed by atoms with E-state index in [1.807, 2.05) is 6.08 Å². The Morgan fingerprint density at radius 2 is 2.00 bits per heavy atom. The molecule has 1 nitrogen and oxygen atoms in total. The van der Waals surface area contributed by atoms with E-state index in [9.17, 15) is 0 Å². The quantitative estimate of drug-likeness (QED) is 0.581. The standard InChI is InChI=1S/C6H10.ClH.H3N/c1-3-5-6-4-2;;/h3,5-6H,1,4H2,2H3;1H;1H3. The molecule has 0 amide bonds. The van der Waals surface area contributed by atoms with Crippen molar-refractivity contribution in [3.8, 4) is 0 Å². The first-order valence-electron chi connectivity index (χ1n) is 2.19. The van der Waals surface area contributed by atoms with Crippen molar-refractivity contribution in [2.45, 2.75) is 13.3 Å². The summed E-state index contributed by atoms with van der Waals surface area (Å²) in [5, 5.41) is 0. The van der Waals surface area contributed by atoms with E-state index in [1.165, 1.54) is 0 Å². The Bertz CT molecular complexity index is 59.5. The molecule has 0 aliphatic rings. The summed E-state index contributed by atoms with van der Waals surface area (Å²) in [6.45, 7) is 5.61. The molecule has 0 aromatic carbocycles. The van der Waals surface area contributed by atoms with Crippen molar-refractivity contribution in [2.24, 2.45) is 0 Å². The van der Waals surface area contributed by atoms with Crippen LogP contribution in [-0.4, -0.2) is 0 Å². The highest BCUT2D eigenvalue weighted by Crippen LogP contribution is 1.76. The Kier molecular flexibility index (Phi) is 31.1. The first kappa shape index (κ1) is 15.6. The van der Waals surface area contributed by atoms with Crippen LogP contribution in [0.5, 0.6) is 0 Å². The van der Waals surface area contributed by atoms with Crippen molar-refractivity contribution in [2.75, 3.05) is 0 Å². The van der Waals surface area contributed by atoms with Gasteiger partial charge in [-0.3, -0.25) is 0 Å². The zero-order valence-corrected chi connectivity index (χ0v) is 6.08. The summed E-state index contributed by atoms with van der Waals surface area (Å²) in [5.74, 6) is 0. The monoisotopic (exact) mass is 135 g/mol. The van der Waals surface area contributed by atoms with Crippen LogP contribution in [0.15, 0.2) is 24.8 Å². The van der Waals surface area contributed by atoms with Crippen LogP contribution in [0, 0.1) is 0 Å². The Labute approximate surface area is 57.5 Å². The number of hydrogen-bond acceptors (Lipinski definition) is 1. The molecule has 0 fully saturated rings. The Balaban J connectivity index is -0.000000125. The summed E-state index contributed by atoms with van der Waals surface area (Å²) < 4.78 is 0. The van der Waals surface area contributed by atoms with Crippen LogP contribution in [0.4, 0.5) is 0 Å². The van der Waals surface area contributed by atoms with Gasteiger partial charge in [-0.2, -0.15) is 0 Å². The van der Waals surface area contributed by atoms with Gasteiger partial charge in [0.1, 0.15) is 0 Å². The lowest BCUT2D eigenvalue weighted by molar-refractivity contribution is 1.22. The molecule has 0 spiro atoms. The highest BCUT2D eigenvalue weighted by molar-refractivity contribution is 5.85. The number of halogens is 1. The lowest BCUT2D eigenvalue weighted by atomic mass is 10.4. The minimum Gasteiger partial charge on any atom is -0.344 e. The van der Waals surface area contributed by atoms with E-state index in [0.717, 1.165) is 6.42 Å². The van der Waals surface area contributed by atoms with Crippen LogP contribution < -0.4 is 6.15 Å². The van der Waals surface area contributed by atoms with Crippen LogP contribution in [-0.2, 0) is 0 Å². The number of allylic oxidation sites excluding steroid dienone is 3. The predicted octanol–water partition coefficient (Wildman–Crippen LogP) is 2.72. The summed E-state index contributed by atoms with van der Waals surface area (Å²) in [6.07, 6.45) is 6.89. The zero-order chi connectivity index (χ0) is 4.83. The molecule has 0 saturated heterocycles. The molecule has 0 bridgehead atoms. The van der Waals surface area contributed by atoms with Gasteiger partial charge in [0.15, 0.2) is 0 Å². The van der Waals surface area contributed by atoms with Crippen molar-refractivity contribution >= 4 is 12.4 Å². The van der Waals surface area contributed by atoms with Gasteiger partial charge < -0.3 is 6.15 Å². The minimum absolute atomic E-state index is 0. The molecule has 0 unspecified atom stereocenters. The number of hydrogen-bond donors (Lipinski definition) is 1.